The van der Waals surface area contributed by atoms with Gasteiger partial charge in [0, 0.05) is 18.7 Å². The number of hydroxylamine groups is 1. The molecule has 26 heavy (non-hydrogen) atoms. The Balaban J connectivity index is 1.73. The van der Waals surface area contributed by atoms with Gasteiger partial charge in [-0.1, -0.05) is 12.1 Å². The summed E-state index contributed by atoms with van der Waals surface area (Å²) in [6.45, 7) is 7.14. The van der Waals surface area contributed by atoms with Crippen LogP contribution in [0.2, 0.25) is 0 Å². The minimum absolute atomic E-state index is 0.444. The van der Waals surface area contributed by atoms with Crippen LogP contribution in [0.25, 0.3) is 17.1 Å². The molecule has 1 aliphatic rings. The monoisotopic (exact) mass is 354 g/mol. The Kier molecular flexibility index (Phi) is 6.20. The van der Waals surface area contributed by atoms with Gasteiger partial charge in [-0.3, -0.25) is 10.0 Å². The summed E-state index contributed by atoms with van der Waals surface area (Å²) in [7, 11) is 0. The van der Waals surface area contributed by atoms with E-state index >= 15 is 0 Å². The highest BCUT2D eigenvalue weighted by Crippen LogP contribution is 2.26. The smallest absolute Gasteiger partial charge is 0.267 e. The molecule has 1 atom stereocenters. The third-order valence-corrected chi connectivity index (χ3v) is 4.89. The summed E-state index contributed by atoms with van der Waals surface area (Å²) in [6.07, 6.45) is 11.5. The topological polar surface area (TPSA) is 70.4 Å². The number of benzene rings is 1. The largest absolute Gasteiger partial charge is 0.326 e. The van der Waals surface area contributed by atoms with Crippen molar-refractivity contribution < 1.29 is 10.0 Å². The second-order valence-electron chi connectivity index (χ2n) is 6.74. The molecule has 1 aliphatic heterocycles. The van der Waals surface area contributed by atoms with Crippen LogP contribution in [0.3, 0.4) is 0 Å². The molecular weight excluding hydrogens is 328 g/mol. The minimum Gasteiger partial charge on any atom is -0.326 e. The molecule has 6 nitrogen and oxygen atoms in total. The van der Waals surface area contributed by atoms with Gasteiger partial charge in [-0.05, 0) is 62.5 Å². The minimum atomic E-state index is -0.547. The Morgan fingerprint density at radius 3 is 3.15 bits per heavy atom. The Bertz CT molecular complexity index is 796. The van der Waals surface area contributed by atoms with E-state index in [1.54, 1.807) is 11.6 Å². The van der Waals surface area contributed by atoms with Crippen molar-refractivity contribution >= 4 is 23.0 Å². The van der Waals surface area contributed by atoms with E-state index in [0.717, 1.165) is 42.5 Å². The van der Waals surface area contributed by atoms with Crippen LogP contribution < -0.4 is 5.48 Å². The highest BCUT2D eigenvalue weighted by molar-refractivity contribution is 5.91. The molecule has 1 saturated heterocycles. The molecule has 0 bridgehead atoms. The molecule has 3 rings (SSSR count). The first-order chi connectivity index (χ1) is 12.7. The number of amides is 1. The van der Waals surface area contributed by atoms with Crippen molar-refractivity contribution in [3.63, 3.8) is 0 Å². The zero-order chi connectivity index (χ0) is 18.4. The van der Waals surface area contributed by atoms with E-state index in [2.05, 4.69) is 27.1 Å². The number of rotatable bonds is 7. The number of nitrogens with one attached hydrogen (secondary N) is 1. The molecule has 1 fully saturated rings. The molecule has 1 amide bonds. The fourth-order valence-electron chi connectivity index (χ4n) is 3.57. The lowest BCUT2D eigenvalue weighted by molar-refractivity contribution is -0.124. The van der Waals surface area contributed by atoms with Crippen molar-refractivity contribution in [3.05, 3.63) is 48.8 Å². The molecule has 2 N–H and O–H groups in total. The predicted octanol–water partition coefficient (Wildman–Crippen LogP) is 3.16. The number of imidazole rings is 1. The van der Waals surface area contributed by atoms with Crippen molar-refractivity contribution in [1.29, 1.82) is 0 Å². The lowest BCUT2D eigenvalue weighted by Gasteiger charge is -2.33. The van der Waals surface area contributed by atoms with Crippen LogP contribution in [-0.2, 0) is 4.79 Å². The summed E-state index contributed by atoms with van der Waals surface area (Å²) in [4.78, 5) is 18.2. The molecule has 0 aliphatic carbocycles. The number of likely N-dealkylation sites (tertiary alicyclic amines) is 1. The first-order valence-electron chi connectivity index (χ1n) is 9.13. The van der Waals surface area contributed by atoms with Gasteiger partial charge in [0.2, 0.25) is 0 Å². The Morgan fingerprint density at radius 1 is 1.46 bits per heavy atom. The van der Waals surface area contributed by atoms with Crippen molar-refractivity contribution in [2.75, 3.05) is 19.6 Å². The zero-order valence-electron chi connectivity index (χ0n) is 15.0. The summed E-state index contributed by atoms with van der Waals surface area (Å²) in [5, 5.41) is 8.55. The van der Waals surface area contributed by atoms with Gasteiger partial charge in [-0.2, -0.15) is 0 Å². The summed E-state index contributed by atoms with van der Waals surface area (Å²) in [5.41, 5.74) is 4.50. The SMILES string of the molecule is C=CCCCN1CCCC(n2cnc3cc(/C=C/C(=O)NO)ccc32)C1. The van der Waals surface area contributed by atoms with Gasteiger partial charge in [-0.25, -0.2) is 10.5 Å². The van der Waals surface area contributed by atoms with Crippen LogP contribution >= 0.6 is 0 Å². The van der Waals surface area contributed by atoms with Gasteiger partial charge >= 0.3 is 0 Å². The number of hydrogen-bond donors (Lipinski definition) is 2. The lowest BCUT2D eigenvalue weighted by atomic mass is 10.0. The number of carbonyl (C=O) groups is 1. The van der Waals surface area contributed by atoms with Gasteiger partial charge in [-0.15, -0.1) is 6.58 Å². The molecule has 0 saturated carbocycles. The lowest BCUT2D eigenvalue weighted by Crippen LogP contribution is -2.37. The van der Waals surface area contributed by atoms with E-state index in [1.807, 2.05) is 24.5 Å². The van der Waals surface area contributed by atoms with Crippen LogP contribution in [0.15, 0.2) is 43.3 Å². The average molecular weight is 354 g/mol. The van der Waals surface area contributed by atoms with E-state index in [9.17, 15) is 4.79 Å². The first-order valence-corrected chi connectivity index (χ1v) is 9.13. The summed E-state index contributed by atoms with van der Waals surface area (Å²) >= 11 is 0. The van der Waals surface area contributed by atoms with Crippen LogP contribution in [0.1, 0.15) is 37.3 Å². The van der Waals surface area contributed by atoms with Crippen LogP contribution in [-0.4, -0.2) is 45.2 Å². The van der Waals surface area contributed by atoms with Crippen molar-refractivity contribution in [2.24, 2.45) is 0 Å². The van der Waals surface area contributed by atoms with Gasteiger partial charge in [0.05, 0.1) is 17.4 Å². The van der Waals surface area contributed by atoms with Gasteiger partial charge in [0.15, 0.2) is 0 Å². The summed E-state index contributed by atoms with van der Waals surface area (Å²) < 4.78 is 2.28. The van der Waals surface area contributed by atoms with Crippen LogP contribution in [0.5, 0.6) is 0 Å². The summed E-state index contributed by atoms with van der Waals surface area (Å²) in [5.74, 6) is -0.547. The maximum absolute atomic E-state index is 11.1. The van der Waals surface area contributed by atoms with Gasteiger partial charge in [0.25, 0.3) is 5.91 Å². The number of fused-ring (bicyclic) bond motifs is 1. The molecule has 1 aromatic heterocycles. The first kappa shape index (κ1) is 18.4. The molecule has 138 valence electrons. The molecule has 0 spiro atoms. The maximum Gasteiger partial charge on any atom is 0.267 e. The Morgan fingerprint density at radius 2 is 2.35 bits per heavy atom. The zero-order valence-corrected chi connectivity index (χ0v) is 15.0. The van der Waals surface area contributed by atoms with Gasteiger partial charge in [0.1, 0.15) is 0 Å². The highest BCUT2D eigenvalue weighted by atomic mass is 16.5. The molecular formula is C20H26N4O2. The van der Waals surface area contributed by atoms with E-state index in [0.29, 0.717) is 6.04 Å². The number of allylic oxidation sites excluding steroid dienone is 1. The number of unbranched alkanes of at least 4 members (excludes halogenated alkanes) is 1. The van der Waals surface area contributed by atoms with E-state index in [4.69, 9.17) is 5.21 Å². The Labute approximate surface area is 153 Å². The van der Waals surface area contributed by atoms with Crippen LogP contribution in [0, 0.1) is 0 Å². The summed E-state index contributed by atoms with van der Waals surface area (Å²) in [6, 6.07) is 6.42. The number of hydrogen-bond acceptors (Lipinski definition) is 4. The van der Waals surface area contributed by atoms with E-state index in [-0.39, 0.29) is 0 Å². The highest BCUT2D eigenvalue weighted by Gasteiger charge is 2.22. The second kappa shape index (κ2) is 8.78. The number of nitrogens with zero attached hydrogens (tertiary/aromatic N) is 3. The maximum atomic E-state index is 11.1. The molecule has 1 aromatic carbocycles. The molecule has 2 aromatic rings. The van der Waals surface area contributed by atoms with E-state index < -0.39 is 5.91 Å². The quantitative estimate of drug-likeness (QED) is 0.263. The molecule has 1 unspecified atom stereocenters. The van der Waals surface area contributed by atoms with Crippen molar-refractivity contribution in [1.82, 2.24) is 19.9 Å². The normalized spacial score (nSPS) is 18.4. The van der Waals surface area contributed by atoms with Crippen LogP contribution in [0.4, 0.5) is 0 Å². The fourth-order valence-corrected chi connectivity index (χ4v) is 3.57. The number of piperidine rings is 1. The van der Waals surface area contributed by atoms with E-state index in [1.165, 1.54) is 25.5 Å². The third-order valence-electron chi connectivity index (χ3n) is 4.89. The molecule has 6 heteroatoms. The molecule has 2 heterocycles. The second-order valence-corrected chi connectivity index (χ2v) is 6.74. The predicted molar refractivity (Wildman–Crippen MR) is 103 cm³/mol. The van der Waals surface area contributed by atoms with Crippen molar-refractivity contribution in [3.8, 4) is 0 Å². The van der Waals surface area contributed by atoms with Crippen molar-refractivity contribution in [2.45, 2.75) is 31.7 Å². The molecule has 0 radical (unpaired) electrons. The van der Waals surface area contributed by atoms with Gasteiger partial charge < -0.3 is 9.47 Å². The number of aromatic nitrogens is 2. The number of carbonyl (C=O) groups excluding carboxylic acids is 1. The third kappa shape index (κ3) is 4.39. The fraction of sp³-hybridized carbons (Fsp3) is 0.400. The standard InChI is InChI=1S/C20H26N4O2/c1-2-3-4-11-23-12-5-6-17(14-23)24-15-21-18-13-16(7-9-19(18)24)8-10-20(25)22-26/h2,7-10,13,15,17,26H,1,3-6,11-12,14H2,(H,22,25)/b10-8+. The average Bonchev–Trinajstić information content (AvgIpc) is 3.10. The Hall–Kier alpha value is -2.44.